The zero-order chi connectivity index (χ0) is 9.14. The van der Waals surface area contributed by atoms with E-state index in [0.717, 1.165) is 0 Å². The maximum Gasteiger partial charge on any atom is 0.231 e. The summed E-state index contributed by atoms with van der Waals surface area (Å²) in [6, 6.07) is 1.45. The fraction of sp³-hybridized carbons (Fsp3) is 0.125. The van der Waals surface area contributed by atoms with E-state index in [0.29, 0.717) is 11.1 Å². The molecule has 0 amide bonds. The van der Waals surface area contributed by atoms with Crippen molar-refractivity contribution in [3.63, 3.8) is 0 Å². The Bertz CT molecular complexity index is 312. The van der Waals surface area contributed by atoms with Crippen LogP contribution in [0.5, 0.6) is 0 Å². The van der Waals surface area contributed by atoms with Gasteiger partial charge in [0.2, 0.25) is 5.95 Å². The van der Waals surface area contributed by atoms with Crippen molar-refractivity contribution >= 4 is 28.8 Å². The van der Waals surface area contributed by atoms with Crippen molar-refractivity contribution in [3.05, 3.63) is 35.4 Å². The lowest BCUT2D eigenvalue weighted by Gasteiger charge is -2.01. The van der Waals surface area contributed by atoms with Crippen molar-refractivity contribution in [1.82, 2.24) is 4.98 Å². The van der Waals surface area contributed by atoms with Crippen LogP contribution in [0.25, 0.3) is 5.57 Å². The average Bonchev–Trinajstić information content (AvgIpc) is 2.08. The number of nitrogens with zero attached hydrogens (tertiary/aromatic N) is 1. The fourth-order valence-corrected chi connectivity index (χ4v) is 1.01. The summed E-state index contributed by atoms with van der Waals surface area (Å²) in [7, 11) is 0. The second kappa shape index (κ2) is 3.87. The van der Waals surface area contributed by atoms with Crippen LogP contribution < -0.4 is 0 Å². The molecule has 0 saturated carbocycles. The van der Waals surface area contributed by atoms with Gasteiger partial charge in [0, 0.05) is 12.1 Å². The van der Waals surface area contributed by atoms with Gasteiger partial charge in [0.15, 0.2) is 0 Å². The van der Waals surface area contributed by atoms with E-state index in [1.165, 1.54) is 12.3 Å². The molecule has 0 saturated heterocycles. The molecule has 0 spiro atoms. The van der Waals surface area contributed by atoms with Crippen molar-refractivity contribution in [2.75, 3.05) is 5.88 Å². The summed E-state index contributed by atoms with van der Waals surface area (Å²) >= 11 is 11.0. The highest BCUT2D eigenvalue weighted by molar-refractivity contribution is 6.30. The maximum atomic E-state index is 12.6. The lowest BCUT2D eigenvalue weighted by Crippen LogP contribution is -1.89. The number of hydrogen-bond acceptors (Lipinski definition) is 1. The highest BCUT2D eigenvalue weighted by Crippen LogP contribution is 2.19. The van der Waals surface area contributed by atoms with Gasteiger partial charge in [0.05, 0.1) is 5.02 Å². The molecule has 0 aliphatic heterocycles. The SMILES string of the molecule is C=C(CCl)c1cnc(F)c(Cl)c1. The Morgan fingerprint density at radius 2 is 2.33 bits per heavy atom. The highest BCUT2D eigenvalue weighted by Gasteiger charge is 2.03. The molecule has 0 fully saturated rings. The molecule has 64 valence electrons. The molecule has 4 heteroatoms. The Morgan fingerprint density at radius 3 is 2.83 bits per heavy atom. The summed E-state index contributed by atoms with van der Waals surface area (Å²) in [6.45, 7) is 3.66. The first-order valence-corrected chi connectivity index (χ1v) is 4.11. The smallest absolute Gasteiger partial charge is 0.226 e. The molecule has 0 bridgehead atoms. The molecule has 12 heavy (non-hydrogen) atoms. The molecular formula is C8H6Cl2FN. The number of pyridine rings is 1. The minimum absolute atomic E-state index is 0.0150. The number of halogens is 3. The number of rotatable bonds is 2. The fourth-order valence-electron chi connectivity index (χ4n) is 0.692. The topological polar surface area (TPSA) is 12.9 Å². The minimum atomic E-state index is -0.678. The summed E-state index contributed by atoms with van der Waals surface area (Å²) in [4.78, 5) is 3.43. The molecular weight excluding hydrogens is 200 g/mol. The molecule has 0 aromatic carbocycles. The van der Waals surface area contributed by atoms with Crippen LogP contribution in [0.1, 0.15) is 5.56 Å². The van der Waals surface area contributed by atoms with Crippen LogP contribution >= 0.6 is 23.2 Å². The number of allylic oxidation sites excluding steroid dienone is 1. The second-order valence-electron chi connectivity index (χ2n) is 2.23. The van der Waals surface area contributed by atoms with Gasteiger partial charge in [-0.25, -0.2) is 4.98 Å². The normalized spacial score (nSPS) is 9.92. The van der Waals surface area contributed by atoms with E-state index in [9.17, 15) is 4.39 Å². The van der Waals surface area contributed by atoms with Gasteiger partial charge in [-0.05, 0) is 17.2 Å². The summed E-state index contributed by atoms with van der Waals surface area (Å²) in [5.74, 6) is -0.397. The van der Waals surface area contributed by atoms with Crippen LogP contribution in [0.15, 0.2) is 18.8 Å². The van der Waals surface area contributed by atoms with Crippen molar-refractivity contribution in [2.45, 2.75) is 0 Å². The standard InChI is InChI=1S/C8H6Cl2FN/c1-5(3-9)6-2-7(10)8(11)12-4-6/h2,4H,1,3H2. The lowest BCUT2D eigenvalue weighted by atomic mass is 10.1. The van der Waals surface area contributed by atoms with Crippen LogP contribution in [0.3, 0.4) is 0 Å². The molecule has 0 aliphatic carbocycles. The third-order valence-electron chi connectivity index (χ3n) is 1.37. The van der Waals surface area contributed by atoms with E-state index >= 15 is 0 Å². The zero-order valence-corrected chi connectivity index (χ0v) is 7.66. The van der Waals surface area contributed by atoms with Gasteiger partial charge in [0.25, 0.3) is 0 Å². The van der Waals surface area contributed by atoms with Gasteiger partial charge >= 0.3 is 0 Å². The van der Waals surface area contributed by atoms with Gasteiger partial charge < -0.3 is 0 Å². The molecule has 0 radical (unpaired) electrons. The third-order valence-corrected chi connectivity index (χ3v) is 1.95. The van der Waals surface area contributed by atoms with E-state index in [1.54, 1.807) is 0 Å². The van der Waals surface area contributed by atoms with Gasteiger partial charge in [-0.15, -0.1) is 11.6 Å². The second-order valence-corrected chi connectivity index (χ2v) is 2.91. The summed E-state index contributed by atoms with van der Waals surface area (Å²) in [5.41, 5.74) is 1.34. The first-order chi connectivity index (χ1) is 5.65. The molecule has 0 atom stereocenters. The average molecular weight is 206 g/mol. The molecule has 1 heterocycles. The summed E-state index contributed by atoms with van der Waals surface area (Å²) in [6.07, 6.45) is 1.35. The number of aromatic nitrogens is 1. The van der Waals surface area contributed by atoms with Crippen molar-refractivity contribution < 1.29 is 4.39 Å². The van der Waals surface area contributed by atoms with Crippen molar-refractivity contribution in [2.24, 2.45) is 0 Å². The molecule has 1 aromatic heterocycles. The Balaban J connectivity index is 3.05. The monoisotopic (exact) mass is 205 g/mol. The molecule has 1 aromatic rings. The predicted octanol–water partition coefficient (Wildman–Crippen LogP) is 3.13. The van der Waals surface area contributed by atoms with Crippen molar-refractivity contribution in [1.29, 1.82) is 0 Å². The first-order valence-electron chi connectivity index (χ1n) is 3.20. The summed E-state index contributed by atoms with van der Waals surface area (Å²) < 4.78 is 12.6. The van der Waals surface area contributed by atoms with Crippen molar-refractivity contribution in [3.8, 4) is 0 Å². The largest absolute Gasteiger partial charge is 0.231 e. The van der Waals surface area contributed by atoms with E-state index in [4.69, 9.17) is 23.2 Å². The summed E-state index contributed by atoms with van der Waals surface area (Å²) in [5, 5.41) is -0.0150. The van der Waals surface area contributed by atoms with Gasteiger partial charge in [-0.3, -0.25) is 0 Å². The maximum absolute atomic E-state index is 12.6. The van der Waals surface area contributed by atoms with Gasteiger partial charge in [0.1, 0.15) is 0 Å². The molecule has 1 nitrogen and oxygen atoms in total. The lowest BCUT2D eigenvalue weighted by molar-refractivity contribution is 0.584. The molecule has 0 unspecified atom stereocenters. The molecule has 1 rings (SSSR count). The van der Waals surface area contributed by atoms with Crippen LogP contribution in [-0.2, 0) is 0 Å². The highest BCUT2D eigenvalue weighted by atomic mass is 35.5. The third kappa shape index (κ3) is 1.96. The minimum Gasteiger partial charge on any atom is -0.226 e. The van der Waals surface area contributed by atoms with Crippen LogP contribution in [-0.4, -0.2) is 10.9 Å². The Morgan fingerprint density at radius 1 is 1.67 bits per heavy atom. The van der Waals surface area contributed by atoms with E-state index in [1.807, 2.05) is 0 Å². The van der Waals surface area contributed by atoms with Crippen LogP contribution in [0, 0.1) is 5.95 Å². The Kier molecular flexibility index (Phi) is 3.06. The van der Waals surface area contributed by atoms with E-state index in [2.05, 4.69) is 11.6 Å². The predicted molar refractivity (Wildman–Crippen MR) is 49.0 cm³/mol. The molecule has 0 N–H and O–H groups in total. The molecule has 0 aliphatic rings. The van der Waals surface area contributed by atoms with Gasteiger partial charge in [-0.1, -0.05) is 18.2 Å². The first kappa shape index (κ1) is 9.49. The van der Waals surface area contributed by atoms with E-state index < -0.39 is 5.95 Å². The Hall–Kier alpha value is -0.600. The van der Waals surface area contributed by atoms with E-state index in [-0.39, 0.29) is 10.9 Å². The Labute approximate surface area is 79.8 Å². The quantitative estimate of drug-likeness (QED) is 0.535. The number of alkyl halides is 1. The van der Waals surface area contributed by atoms with Crippen LogP contribution in [0.2, 0.25) is 5.02 Å². The zero-order valence-electron chi connectivity index (χ0n) is 6.15. The van der Waals surface area contributed by atoms with Crippen LogP contribution in [0.4, 0.5) is 4.39 Å². The number of hydrogen-bond donors (Lipinski definition) is 0. The van der Waals surface area contributed by atoms with Gasteiger partial charge in [-0.2, -0.15) is 4.39 Å².